The average Bonchev–Trinajstić information content (AvgIpc) is 2.33. The van der Waals surface area contributed by atoms with E-state index in [9.17, 15) is 0 Å². The molecule has 1 rings (SSSR count). The highest BCUT2D eigenvalue weighted by Crippen LogP contribution is 2.32. The van der Waals surface area contributed by atoms with Gasteiger partial charge in [0.2, 0.25) is 0 Å². The Kier molecular flexibility index (Phi) is 6.32. The molecule has 0 heterocycles. The van der Waals surface area contributed by atoms with Crippen molar-refractivity contribution in [2.45, 2.75) is 39.7 Å². The van der Waals surface area contributed by atoms with Crippen molar-refractivity contribution in [3.63, 3.8) is 0 Å². The predicted octanol–water partition coefficient (Wildman–Crippen LogP) is 5.08. The molecule has 96 valence electrons. The maximum absolute atomic E-state index is 6.27. The van der Waals surface area contributed by atoms with Gasteiger partial charge in [-0.15, -0.1) is 0 Å². The predicted molar refractivity (Wildman–Crippen MR) is 77.0 cm³/mol. The number of halogens is 2. The van der Waals surface area contributed by atoms with Gasteiger partial charge in [0.1, 0.15) is 0 Å². The van der Waals surface area contributed by atoms with Gasteiger partial charge in [-0.3, -0.25) is 0 Å². The van der Waals surface area contributed by atoms with Gasteiger partial charge in [0.05, 0.1) is 0 Å². The highest BCUT2D eigenvalue weighted by molar-refractivity contribution is 6.33. The average molecular weight is 274 g/mol. The molecule has 0 aliphatic rings. The number of hydrogen-bond donors (Lipinski definition) is 1. The fourth-order valence-corrected chi connectivity index (χ4v) is 2.32. The Morgan fingerprint density at radius 3 is 2.53 bits per heavy atom. The fourth-order valence-electron chi connectivity index (χ4n) is 1.91. The Labute approximate surface area is 115 Å². The van der Waals surface area contributed by atoms with Gasteiger partial charge in [-0.05, 0) is 42.6 Å². The van der Waals surface area contributed by atoms with E-state index in [2.05, 4.69) is 26.1 Å². The van der Waals surface area contributed by atoms with Crippen molar-refractivity contribution in [1.29, 1.82) is 0 Å². The summed E-state index contributed by atoms with van der Waals surface area (Å²) in [5.41, 5.74) is 1.11. The molecule has 0 bridgehead atoms. The lowest BCUT2D eigenvalue weighted by Crippen LogP contribution is -2.27. The quantitative estimate of drug-likeness (QED) is 0.762. The van der Waals surface area contributed by atoms with Crippen molar-refractivity contribution in [2.24, 2.45) is 5.92 Å². The van der Waals surface area contributed by atoms with E-state index < -0.39 is 0 Å². The normalized spacial score (nSPS) is 14.6. The molecule has 1 nitrogen and oxygen atoms in total. The first-order valence-electron chi connectivity index (χ1n) is 6.28. The monoisotopic (exact) mass is 273 g/mol. The number of hydrogen-bond acceptors (Lipinski definition) is 1. The van der Waals surface area contributed by atoms with Crippen molar-refractivity contribution in [3.8, 4) is 0 Å². The van der Waals surface area contributed by atoms with Crippen LogP contribution < -0.4 is 5.32 Å². The Morgan fingerprint density at radius 2 is 1.94 bits per heavy atom. The molecule has 0 saturated heterocycles. The fraction of sp³-hybridized carbons (Fsp3) is 0.571. The number of benzene rings is 1. The van der Waals surface area contributed by atoms with Gasteiger partial charge < -0.3 is 5.32 Å². The maximum atomic E-state index is 6.27. The van der Waals surface area contributed by atoms with Crippen LogP contribution in [-0.2, 0) is 0 Å². The molecule has 1 N–H and O–H groups in total. The van der Waals surface area contributed by atoms with Gasteiger partial charge in [0.15, 0.2) is 0 Å². The van der Waals surface area contributed by atoms with Gasteiger partial charge in [-0.1, -0.05) is 50.4 Å². The third-order valence-corrected chi connectivity index (χ3v) is 3.70. The Morgan fingerprint density at radius 1 is 1.24 bits per heavy atom. The van der Waals surface area contributed by atoms with E-state index in [1.807, 2.05) is 18.2 Å². The summed E-state index contributed by atoms with van der Waals surface area (Å²) in [7, 11) is 0. The molecule has 2 unspecified atom stereocenters. The van der Waals surface area contributed by atoms with Crippen LogP contribution in [0.25, 0.3) is 0 Å². The maximum Gasteiger partial charge on any atom is 0.0454 e. The molecule has 0 aliphatic heterocycles. The van der Waals surface area contributed by atoms with Crippen LogP contribution in [0.4, 0.5) is 0 Å². The van der Waals surface area contributed by atoms with Gasteiger partial charge in [0.25, 0.3) is 0 Å². The zero-order valence-electron chi connectivity index (χ0n) is 10.8. The van der Waals surface area contributed by atoms with Crippen molar-refractivity contribution in [3.05, 3.63) is 33.8 Å². The molecular weight excluding hydrogens is 253 g/mol. The summed E-state index contributed by atoms with van der Waals surface area (Å²) in [5.74, 6) is 0.539. The van der Waals surface area contributed by atoms with Crippen molar-refractivity contribution >= 4 is 23.2 Å². The molecule has 1 aromatic rings. The first-order chi connectivity index (χ1) is 8.10. The first-order valence-corrected chi connectivity index (χ1v) is 7.04. The van der Waals surface area contributed by atoms with Crippen molar-refractivity contribution in [1.82, 2.24) is 5.32 Å². The second kappa shape index (κ2) is 7.25. The van der Waals surface area contributed by atoms with Crippen LogP contribution in [-0.4, -0.2) is 6.54 Å². The summed E-state index contributed by atoms with van der Waals surface area (Å²) >= 11 is 12.3. The van der Waals surface area contributed by atoms with Crippen molar-refractivity contribution in [2.75, 3.05) is 6.54 Å². The minimum Gasteiger partial charge on any atom is -0.310 e. The molecule has 0 aliphatic carbocycles. The molecule has 17 heavy (non-hydrogen) atoms. The van der Waals surface area contributed by atoms with Crippen LogP contribution in [0.1, 0.15) is 45.2 Å². The van der Waals surface area contributed by atoms with E-state index in [1.165, 1.54) is 0 Å². The van der Waals surface area contributed by atoms with Crippen LogP contribution in [0.2, 0.25) is 10.0 Å². The molecule has 0 aromatic heterocycles. The zero-order valence-corrected chi connectivity index (χ0v) is 12.3. The molecule has 3 heteroatoms. The minimum absolute atomic E-state index is 0.283. The SMILES string of the molecule is CCCNC(c1cc(Cl)ccc1Cl)C(C)CC. The van der Waals surface area contributed by atoms with Gasteiger partial charge in [-0.2, -0.15) is 0 Å². The van der Waals surface area contributed by atoms with Gasteiger partial charge in [0, 0.05) is 16.1 Å². The minimum atomic E-state index is 0.283. The molecule has 0 radical (unpaired) electrons. The number of rotatable bonds is 6. The Bertz CT molecular complexity index is 352. The summed E-state index contributed by atoms with van der Waals surface area (Å²) in [6, 6.07) is 5.97. The molecule has 1 aromatic carbocycles. The summed E-state index contributed by atoms with van der Waals surface area (Å²) in [6.07, 6.45) is 2.23. The van der Waals surface area contributed by atoms with E-state index in [0.29, 0.717) is 5.92 Å². The second-order valence-corrected chi connectivity index (χ2v) is 5.33. The van der Waals surface area contributed by atoms with Gasteiger partial charge in [-0.25, -0.2) is 0 Å². The van der Waals surface area contributed by atoms with E-state index in [-0.39, 0.29) is 6.04 Å². The lowest BCUT2D eigenvalue weighted by molar-refractivity contribution is 0.377. The molecule has 0 saturated carbocycles. The molecular formula is C14H21Cl2N. The Hall–Kier alpha value is -0.240. The third-order valence-electron chi connectivity index (χ3n) is 3.12. The van der Waals surface area contributed by atoms with Crippen LogP contribution in [0.15, 0.2) is 18.2 Å². The molecule has 0 amide bonds. The highest BCUT2D eigenvalue weighted by atomic mass is 35.5. The summed E-state index contributed by atoms with van der Waals surface area (Å²) in [4.78, 5) is 0. The van der Waals surface area contributed by atoms with Gasteiger partial charge >= 0.3 is 0 Å². The summed E-state index contributed by atoms with van der Waals surface area (Å²) in [6.45, 7) is 7.60. The standard InChI is InChI=1S/C14H21Cl2N/c1-4-8-17-14(10(3)5-2)12-9-11(15)6-7-13(12)16/h6-7,9-10,14,17H,4-5,8H2,1-3H3. The Balaban J connectivity index is 2.98. The molecule has 2 atom stereocenters. The molecule has 0 fully saturated rings. The van der Waals surface area contributed by atoms with Crippen LogP contribution in [0.3, 0.4) is 0 Å². The number of nitrogens with one attached hydrogen (secondary N) is 1. The van der Waals surface area contributed by atoms with E-state index in [0.717, 1.165) is 35.0 Å². The van der Waals surface area contributed by atoms with E-state index in [1.54, 1.807) is 0 Å². The third kappa shape index (κ3) is 4.17. The lowest BCUT2D eigenvalue weighted by atomic mass is 9.92. The van der Waals surface area contributed by atoms with E-state index >= 15 is 0 Å². The highest BCUT2D eigenvalue weighted by Gasteiger charge is 2.19. The van der Waals surface area contributed by atoms with Crippen LogP contribution >= 0.6 is 23.2 Å². The first kappa shape index (κ1) is 14.8. The van der Waals surface area contributed by atoms with Crippen molar-refractivity contribution < 1.29 is 0 Å². The smallest absolute Gasteiger partial charge is 0.0454 e. The second-order valence-electron chi connectivity index (χ2n) is 4.48. The summed E-state index contributed by atoms with van der Waals surface area (Å²) < 4.78 is 0. The largest absolute Gasteiger partial charge is 0.310 e. The lowest BCUT2D eigenvalue weighted by Gasteiger charge is -2.26. The summed E-state index contributed by atoms with van der Waals surface area (Å²) in [5, 5.41) is 5.10. The van der Waals surface area contributed by atoms with E-state index in [4.69, 9.17) is 23.2 Å². The topological polar surface area (TPSA) is 12.0 Å². The zero-order chi connectivity index (χ0) is 12.8. The van der Waals surface area contributed by atoms with Crippen LogP contribution in [0, 0.1) is 5.92 Å². The molecule has 0 spiro atoms. The van der Waals surface area contributed by atoms with Crippen LogP contribution in [0.5, 0.6) is 0 Å².